The van der Waals surface area contributed by atoms with E-state index < -0.39 is 0 Å². The van der Waals surface area contributed by atoms with E-state index in [1.54, 1.807) is 0 Å². The van der Waals surface area contributed by atoms with Gasteiger partial charge in [0.1, 0.15) is 0 Å². The summed E-state index contributed by atoms with van der Waals surface area (Å²) in [5, 5.41) is 10.1. The van der Waals surface area contributed by atoms with Crippen molar-refractivity contribution >= 4 is 74.9 Å². The summed E-state index contributed by atoms with van der Waals surface area (Å²) in [4.78, 5) is 5.21. The first-order valence-electron chi connectivity index (χ1n) is 15.6. The third-order valence-corrected chi connectivity index (χ3v) is 10.5. The second-order valence-electron chi connectivity index (χ2n) is 12.0. The predicted molar refractivity (Wildman–Crippen MR) is 197 cm³/mol. The maximum absolute atomic E-state index is 5.21. The Morgan fingerprint density at radius 2 is 1.02 bits per heavy atom. The minimum Gasteiger partial charge on any atom is -0.309 e. The standard InChI is InChI=1S/C43H26N2S/c1-2-10-31-27(9-1)19-20-28-21-22-29(25-34(28)31)36-13-7-14-37(44-36)30-23-24-39-35(26-30)32-11-3-5-15-38(32)45(39)40-16-8-18-42-43(40)33-12-4-6-17-41(33)46-42/h1-26H. The number of hydrogen-bond donors (Lipinski definition) is 0. The number of hydrogen-bond acceptors (Lipinski definition) is 2. The van der Waals surface area contributed by atoms with Crippen molar-refractivity contribution in [2.45, 2.75) is 0 Å². The van der Waals surface area contributed by atoms with Crippen LogP contribution in [0.25, 0.3) is 91.7 Å². The molecule has 2 nitrogen and oxygen atoms in total. The van der Waals surface area contributed by atoms with Gasteiger partial charge >= 0.3 is 0 Å². The second-order valence-corrected chi connectivity index (χ2v) is 13.0. The van der Waals surface area contributed by atoms with Crippen LogP contribution in [0.15, 0.2) is 158 Å². The van der Waals surface area contributed by atoms with Crippen molar-refractivity contribution in [3.8, 4) is 28.2 Å². The van der Waals surface area contributed by atoms with Gasteiger partial charge in [-0.05, 0) is 76.1 Å². The van der Waals surface area contributed by atoms with Crippen molar-refractivity contribution < 1.29 is 0 Å². The average molecular weight is 603 g/mol. The molecule has 10 aromatic rings. The molecule has 0 aliphatic carbocycles. The Morgan fingerprint density at radius 1 is 0.413 bits per heavy atom. The first-order chi connectivity index (χ1) is 22.8. The molecule has 0 saturated heterocycles. The van der Waals surface area contributed by atoms with Gasteiger partial charge in [0.05, 0.1) is 28.1 Å². The molecule has 46 heavy (non-hydrogen) atoms. The number of aromatic nitrogens is 2. The van der Waals surface area contributed by atoms with Gasteiger partial charge in [-0.15, -0.1) is 11.3 Å². The Labute approximate surface area is 269 Å². The lowest BCUT2D eigenvalue weighted by molar-refractivity contribution is 1.20. The zero-order chi connectivity index (χ0) is 30.2. The summed E-state index contributed by atoms with van der Waals surface area (Å²) in [6, 6.07) is 57.1. The van der Waals surface area contributed by atoms with Crippen molar-refractivity contribution in [3.63, 3.8) is 0 Å². The lowest BCUT2D eigenvalue weighted by atomic mass is 9.98. The number of benzene rings is 7. The fourth-order valence-corrected chi connectivity index (χ4v) is 8.38. The van der Waals surface area contributed by atoms with Crippen LogP contribution in [0.3, 0.4) is 0 Å². The quantitative estimate of drug-likeness (QED) is 0.184. The molecule has 3 heterocycles. The average Bonchev–Trinajstić information content (AvgIpc) is 3.67. The Kier molecular flexibility index (Phi) is 5.48. The summed E-state index contributed by atoms with van der Waals surface area (Å²) >= 11 is 1.86. The maximum Gasteiger partial charge on any atom is 0.0709 e. The number of para-hydroxylation sites is 1. The van der Waals surface area contributed by atoms with Gasteiger partial charge in [0.2, 0.25) is 0 Å². The van der Waals surface area contributed by atoms with Crippen molar-refractivity contribution in [2.24, 2.45) is 0 Å². The van der Waals surface area contributed by atoms with Gasteiger partial charge in [-0.3, -0.25) is 0 Å². The molecule has 3 aromatic heterocycles. The monoisotopic (exact) mass is 602 g/mol. The van der Waals surface area contributed by atoms with E-state index in [0.29, 0.717) is 0 Å². The van der Waals surface area contributed by atoms with Gasteiger partial charge in [0, 0.05) is 42.1 Å². The highest BCUT2D eigenvalue weighted by atomic mass is 32.1. The molecule has 0 atom stereocenters. The van der Waals surface area contributed by atoms with Crippen LogP contribution >= 0.6 is 11.3 Å². The van der Waals surface area contributed by atoms with E-state index >= 15 is 0 Å². The summed E-state index contributed by atoms with van der Waals surface area (Å²) in [5.74, 6) is 0. The Bertz CT molecular complexity index is 2820. The number of thiophene rings is 1. The van der Waals surface area contributed by atoms with E-state index in [0.717, 1.165) is 22.5 Å². The second kappa shape index (κ2) is 9.87. The molecule has 0 amide bonds. The molecule has 10 rings (SSSR count). The largest absolute Gasteiger partial charge is 0.309 e. The molecule has 7 aromatic carbocycles. The molecule has 3 heteroatoms. The summed E-state index contributed by atoms with van der Waals surface area (Å²) in [7, 11) is 0. The van der Waals surface area contributed by atoms with Crippen LogP contribution in [0, 0.1) is 0 Å². The fourth-order valence-electron chi connectivity index (χ4n) is 7.25. The molecule has 0 spiro atoms. The molecule has 0 N–H and O–H groups in total. The molecule has 0 fully saturated rings. The smallest absolute Gasteiger partial charge is 0.0709 e. The van der Waals surface area contributed by atoms with E-state index in [9.17, 15) is 0 Å². The zero-order valence-corrected chi connectivity index (χ0v) is 25.6. The van der Waals surface area contributed by atoms with Gasteiger partial charge in [-0.25, -0.2) is 4.98 Å². The molecular formula is C43H26N2S. The third-order valence-electron chi connectivity index (χ3n) is 9.38. The normalized spacial score (nSPS) is 11.9. The summed E-state index contributed by atoms with van der Waals surface area (Å²) in [6.45, 7) is 0. The highest BCUT2D eigenvalue weighted by Gasteiger charge is 2.17. The lowest BCUT2D eigenvalue weighted by Gasteiger charge is -2.11. The van der Waals surface area contributed by atoms with Crippen LogP contribution in [-0.4, -0.2) is 9.55 Å². The number of pyridine rings is 1. The van der Waals surface area contributed by atoms with Gasteiger partial charge in [0.15, 0.2) is 0 Å². The van der Waals surface area contributed by atoms with Crippen molar-refractivity contribution in [1.29, 1.82) is 0 Å². The first-order valence-corrected chi connectivity index (χ1v) is 16.4. The summed E-state index contributed by atoms with van der Waals surface area (Å²) < 4.78 is 5.07. The van der Waals surface area contributed by atoms with E-state index in [4.69, 9.17) is 4.98 Å². The van der Waals surface area contributed by atoms with Crippen LogP contribution in [0.1, 0.15) is 0 Å². The van der Waals surface area contributed by atoms with Gasteiger partial charge < -0.3 is 4.57 Å². The Hall–Kier alpha value is -5.77. The minimum atomic E-state index is 0.972. The van der Waals surface area contributed by atoms with E-state index in [1.165, 1.54) is 69.2 Å². The molecule has 214 valence electrons. The van der Waals surface area contributed by atoms with Crippen molar-refractivity contribution in [3.05, 3.63) is 158 Å². The predicted octanol–water partition coefficient (Wildman–Crippen LogP) is 12.2. The molecule has 0 unspecified atom stereocenters. The zero-order valence-electron chi connectivity index (χ0n) is 24.8. The third kappa shape index (κ3) is 3.79. The summed E-state index contributed by atoms with van der Waals surface area (Å²) in [6.07, 6.45) is 0. The van der Waals surface area contributed by atoms with E-state index in [2.05, 4.69) is 162 Å². The van der Waals surface area contributed by atoms with Crippen LogP contribution < -0.4 is 0 Å². The molecule has 0 radical (unpaired) electrons. The Balaban J connectivity index is 1.15. The minimum absolute atomic E-state index is 0.972. The number of nitrogens with zero attached hydrogens (tertiary/aromatic N) is 2. The lowest BCUT2D eigenvalue weighted by Crippen LogP contribution is -1.94. The topological polar surface area (TPSA) is 17.8 Å². The van der Waals surface area contributed by atoms with Gasteiger partial charge in [-0.2, -0.15) is 0 Å². The van der Waals surface area contributed by atoms with Crippen LogP contribution in [0.4, 0.5) is 0 Å². The van der Waals surface area contributed by atoms with E-state index in [-0.39, 0.29) is 0 Å². The molecule has 0 aliphatic heterocycles. The number of fused-ring (bicyclic) bond motifs is 9. The molecule has 0 saturated carbocycles. The highest BCUT2D eigenvalue weighted by Crippen LogP contribution is 2.41. The van der Waals surface area contributed by atoms with Gasteiger partial charge in [-0.1, -0.05) is 103 Å². The fraction of sp³-hybridized carbons (Fsp3) is 0. The molecule has 0 aliphatic rings. The van der Waals surface area contributed by atoms with Crippen molar-refractivity contribution in [2.75, 3.05) is 0 Å². The Morgan fingerprint density at radius 3 is 1.89 bits per heavy atom. The first kappa shape index (κ1) is 25.5. The van der Waals surface area contributed by atoms with E-state index in [1.807, 2.05) is 11.3 Å². The molecule has 0 bridgehead atoms. The molecular weight excluding hydrogens is 577 g/mol. The SMILES string of the molecule is c1cc(-c2ccc3ccc4ccccc4c3c2)nc(-c2ccc3c(c2)c2ccccc2n3-c2cccc3sc4ccccc4c23)c1. The van der Waals surface area contributed by atoms with Crippen molar-refractivity contribution in [1.82, 2.24) is 9.55 Å². The highest BCUT2D eigenvalue weighted by molar-refractivity contribution is 7.25. The van der Waals surface area contributed by atoms with Crippen LogP contribution in [0.5, 0.6) is 0 Å². The van der Waals surface area contributed by atoms with Gasteiger partial charge in [0.25, 0.3) is 0 Å². The summed E-state index contributed by atoms with van der Waals surface area (Å²) in [5.41, 5.74) is 7.82. The number of rotatable bonds is 3. The van der Waals surface area contributed by atoms with Crippen LogP contribution in [0.2, 0.25) is 0 Å². The maximum atomic E-state index is 5.21. The van der Waals surface area contributed by atoms with Crippen LogP contribution in [-0.2, 0) is 0 Å².